The first kappa shape index (κ1) is 18.2. The second-order valence-corrected chi connectivity index (χ2v) is 6.98. The Morgan fingerprint density at radius 3 is 2.77 bits per heavy atom. The lowest BCUT2D eigenvalue weighted by atomic mass is 10.2. The van der Waals surface area contributed by atoms with Crippen LogP contribution in [0.5, 0.6) is 5.75 Å². The Hall–Kier alpha value is -2.57. The number of hydrogen-bond donors (Lipinski definition) is 3. The molecule has 2 aromatic carbocycles. The molecule has 1 unspecified atom stereocenters. The maximum Gasteiger partial charge on any atom is 0.191 e. The molecule has 0 bridgehead atoms. The molecular weight excluding hydrogens is 346 g/mol. The van der Waals surface area contributed by atoms with Gasteiger partial charge >= 0.3 is 0 Å². The van der Waals surface area contributed by atoms with E-state index >= 15 is 0 Å². The minimum Gasteiger partial charge on any atom is -0.497 e. The van der Waals surface area contributed by atoms with Crippen LogP contribution in [-0.2, 0) is 6.54 Å². The van der Waals surface area contributed by atoms with Gasteiger partial charge in [-0.3, -0.25) is 4.99 Å². The Morgan fingerprint density at radius 1 is 1.15 bits per heavy atom. The number of nitrogens with one attached hydrogen (secondary N) is 2. The second-order valence-electron chi connectivity index (χ2n) is 5.86. The van der Waals surface area contributed by atoms with Crippen LogP contribution in [0, 0.1) is 0 Å². The van der Waals surface area contributed by atoms with Gasteiger partial charge in [-0.2, -0.15) is 0 Å². The molecule has 0 aliphatic carbocycles. The van der Waals surface area contributed by atoms with Crippen LogP contribution >= 0.6 is 11.3 Å². The van der Waals surface area contributed by atoms with Gasteiger partial charge in [-0.1, -0.05) is 30.3 Å². The molecule has 3 N–H and O–H groups in total. The molecule has 6 heteroatoms. The molecule has 0 saturated heterocycles. The van der Waals surface area contributed by atoms with Crippen LogP contribution in [0.1, 0.15) is 16.5 Å². The standard InChI is InChI=1S/C20H23N3O2S/c1-21-20(22-12-14-6-5-8-16(10-14)25-2)23-13-17(24)19-11-15-7-3-4-9-18(15)26-19/h3-11,17,24H,12-13H2,1-2H3,(H2,21,22,23). The van der Waals surface area contributed by atoms with E-state index in [4.69, 9.17) is 4.74 Å². The number of hydrogen-bond acceptors (Lipinski definition) is 4. The molecule has 1 aromatic heterocycles. The minimum absolute atomic E-state index is 0.393. The smallest absolute Gasteiger partial charge is 0.191 e. The van der Waals surface area contributed by atoms with E-state index in [0.29, 0.717) is 19.0 Å². The van der Waals surface area contributed by atoms with Gasteiger partial charge in [0.2, 0.25) is 0 Å². The van der Waals surface area contributed by atoms with Gasteiger partial charge in [0.05, 0.1) is 7.11 Å². The molecule has 0 amide bonds. The van der Waals surface area contributed by atoms with E-state index in [2.05, 4.69) is 27.8 Å². The zero-order valence-electron chi connectivity index (χ0n) is 14.9. The topological polar surface area (TPSA) is 65.9 Å². The molecule has 1 atom stereocenters. The number of fused-ring (bicyclic) bond motifs is 1. The molecule has 0 aliphatic heterocycles. The van der Waals surface area contributed by atoms with E-state index in [-0.39, 0.29) is 0 Å². The molecule has 1 heterocycles. The van der Waals surface area contributed by atoms with Crippen molar-refractivity contribution in [3.63, 3.8) is 0 Å². The van der Waals surface area contributed by atoms with Crippen molar-refractivity contribution >= 4 is 27.4 Å². The summed E-state index contributed by atoms with van der Waals surface area (Å²) in [7, 11) is 3.37. The summed E-state index contributed by atoms with van der Waals surface area (Å²) < 4.78 is 6.42. The highest BCUT2D eigenvalue weighted by molar-refractivity contribution is 7.19. The largest absolute Gasteiger partial charge is 0.497 e. The highest BCUT2D eigenvalue weighted by Crippen LogP contribution is 2.29. The first-order valence-electron chi connectivity index (χ1n) is 8.43. The van der Waals surface area contributed by atoms with Crippen LogP contribution in [0.15, 0.2) is 59.6 Å². The Morgan fingerprint density at radius 2 is 2.00 bits per heavy atom. The fraction of sp³-hybridized carbons (Fsp3) is 0.250. The lowest BCUT2D eigenvalue weighted by Crippen LogP contribution is -2.38. The third-order valence-electron chi connectivity index (χ3n) is 4.05. The van der Waals surface area contributed by atoms with Gasteiger partial charge in [0, 0.05) is 29.7 Å². The number of thiophene rings is 1. The number of aliphatic hydroxyl groups is 1. The number of rotatable bonds is 6. The maximum absolute atomic E-state index is 10.5. The summed E-state index contributed by atoms with van der Waals surface area (Å²) in [6.45, 7) is 1.01. The fourth-order valence-corrected chi connectivity index (χ4v) is 3.70. The van der Waals surface area contributed by atoms with Gasteiger partial charge in [0.15, 0.2) is 5.96 Å². The highest BCUT2D eigenvalue weighted by Gasteiger charge is 2.12. The lowest BCUT2D eigenvalue weighted by Gasteiger charge is -2.15. The van der Waals surface area contributed by atoms with Gasteiger partial charge in [0.25, 0.3) is 0 Å². The summed E-state index contributed by atoms with van der Waals surface area (Å²) in [5.41, 5.74) is 1.09. The van der Waals surface area contributed by atoms with Crippen molar-refractivity contribution in [1.82, 2.24) is 10.6 Å². The number of benzene rings is 2. The molecule has 0 fully saturated rings. The molecule has 3 rings (SSSR count). The molecule has 136 valence electrons. The quantitative estimate of drug-likeness (QED) is 0.461. The van der Waals surface area contributed by atoms with Crippen molar-refractivity contribution in [2.24, 2.45) is 4.99 Å². The average Bonchev–Trinajstić information content (AvgIpc) is 3.12. The minimum atomic E-state index is -0.581. The summed E-state index contributed by atoms with van der Waals surface area (Å²) in [4.78, 5) is 5.16. The summed E-state index contributed by atoms with van der Waals surface area (Å²) in [5.74, 6) is 1.47. The van der Waals surface area contributed by atoms with Crippen molar-refractivity contribution in [3.8, 4) is 5.75 Å². The van der Waals surface area contributed by atoms with Gasteiger partial charge in [0.1, 0.15) is 11.9 Å². The monoisotopic (exact) mass is 369 g/mol. The Labute approximate surface area is 157 Å². The number of aliphatic hydroxyl groups excluding tert-OH is 1. The molecule has 0 aliphatic rings. The van der Waals surface area contributed by atoms with Gasteiger partial charge in [-0.25, -0.2) is 0 Å². The number of ether oxygens (including phenoxy) is 1. The third-order valence-corrected chi connectivity index (χ3v) is 5.27. The van der Waals surface area contributed by atoms with Crippen molar-refractivity contribution in [1.29, 1.82) is 0 Å². The zero-order chi connectivity index (χ0) is 18.4. The highest BCUT2D eigenvalue weighted by atomic mass is 32.1. The zero-order valence-corrected chi connectivity index (χ0v) is 15.7. The second kappa shape index (κ2) is 8.69. The third kappa shape index (κ3) is 4.53. The van der Waals surface area contributed by atoms with Crippen molar-refractivity contribution in [2.75, 3.05) is 20.7 Å². The van der Waals surface area contributed by atoms with E-state index in [9.17, 15) is 5.11 Å². The summed E-state index contributed by atoms with van der Waals surface area (Å²) >= 11 is 1.61. The number of methoxy groups -OCH3 is 1. The summed E-state index contributed by atoms with van der Waals surface area (Å²) in [6, 6.07) is 18.1. The summed E-state index contributed by atoms with van der Waals surface area (Å²) in [6.07, 6.45) is -0.581. The number of guanidine groups is 1. The van der Waals surface area contributed by atoms with Crippen LogP contribution in [-0.4, -0.2) is 31.8 Å². The first-order valence-corrected chi connectivity index (χ1v) is 9.25. The van der Waals surface area contributed by atoms with Crippen LogP contribution in [0.3, 0.4) is 0 Å². The van der Waals surface area contributed by atoms with Crippen LogP contribution in [0.2, 0.25) is 0 Å². The summed E-state index contributed by atoms with van der Waals surface area (Å²) in [5, 5.41) is 18.0. The fourth-order valence-electron chi connectivity index (χ4n) is 2.65. The Balaban J connectivity index is 1.54. The molecule has 3 aromatic rings. The van der Waals surface area contributed by atoms with Crippen LogP contribution < -0.4 is 15.4 Å². The molecule has 5 nitrogen and oxygen atoms in total. The molecule has 26 heavy (non-hydrogen) atoms. The van der Waals surface area contributed by atoms with Crippen LogP contribution in [0.25, 0.3) is 10.1 Å². The van der Waals surface area contributed by atoms with Gasteiger partial charge in [-0.05, 0) is 35.2 Å². The normalized spacial score (nSPS) is 12.8. The van der Waals surface area contributed by atoms with Crippen molar-refractivity contribution in [3.05, 3.63) is 65.0 Å². The van der Waals surface area contributed by atoms with E-state index < -0.39 is 6.10 Å². The SMILES string of the molecule is CN=C(NCc1cccc(OC)c1)NCC(O)c1cc2ccccc2s1. The van der Waals surface area contributed by atoms with Crippen molar-refractivity contribution < 1.29 is 9.84 Å². The van der Waals surface area contributed by atoms with Crippen LogP contribution in [0.4, 0.5) is 0 Å². The number of nitrogens with zero attached hydrogens (tertiary/aromatic N) is 1. The maximum atomic E-state index is 10.5. The lowest BCUT2D eigenvalue weighted by molar-refractivity contribution is 0.184. The van der Waals surface area contributed by atoms with Gasteiger partial charge in [-0.15, -0.1) is 11.3 Å². The number of aliphatic imine (C=N–C) groups is 1. The average molecular weight is 369 g/mol. The van der Waals surface area contributed by atoms with Crippen molar-refractivity contribution in [2.45, 2.75) is 12.6 Å². The predicted octanol–water partition coefficient (Wildman–Crippen LogP) is 3.31. The molecule has 0 radical (unpaired) electrons. The van der Waals surface area contributed by atoms with E-state index in [1.807, 2.05) is 42.5 Å². The Bertz CT molecular complexity index is 858. The molecule has 0 spiro atoms. The van der Waals surface area contributed by atoms with E-state index in [1.165, 1.54) is 4.70 Å². The Kier molecular flexibility index (Phi) is 6.09. The molecule has 0 saturated carbocycles. The van der Waals surface area contributed by atoms with Gasteiger partial charge < -0.3 is 20.5 Å². The predicted molar refractivity (Wildman–Crippen MR) is 108 cm³/mol. The van der Waals surface area contributed by atoms with E-state index in [1.54, 1.807) is 25.5 Å². The van der Waals surface area contributed by atoms with E-state index in [0.717, 1.165) is 21.6 Å². The molecular formula is C20H23N3O2S. The first-order chi connectivity index (χ1) is 12.7.